The normalized spacial score (nSPS) is 21.8. The van der Waals surface area contributed by atoms with E-state index in [1.165, 1.54) is 24.6 Å². The number of thioether (sulfide) groups is 1. The standard InChI is InChI=1S/C24H29N3O2S/c1-4-27-23(29)19-12-17-9-5-6-10-18(17)13-21(19)26-24(27)30-14-22(28)25-20-11-7-8-15(2)16(20)3/h5-6,9-10,12-13,15-16,20H,4,7-8,11,14H2,1-3H3,(H,25,28)/t15-,16+,20-/m1/s1. The Kier molecular flexibility index (Phi) is 6.14. The average Bonchev–Trinajstić information content (AvgIpc) is 2.74. The first-order valence-electron chi connectivity index (χ1n) is 10.8. The maximum absolute atomic E-state index is 13.1. The van der Waals surface area contributed by atoms with E-state index in [1.54, 1.807) is 4.57 Å². The van der Waals surface area contributed by atoms with Crippen LogP contribution in [-0.4, -0.2) is 27.3 Å². The third-order valence-electron chi connectivity index (χ3n) is 6.49. The van der Waals surface area contributed by atoms with Crippen molar-refractivity contribution < 1.29 is 4.79 Å². The van der Waals surface area contributed by atoms with Gasteiger partial charge < -0.3 is 5.32 Å². The van der Waals surface area contributed by atoms with E-state index in [4.69, 9.17) is 4.98 Å². The number of aromatic nitrogens is 2. The number of benzene rings is 2. The number of fused-ring (bicyclic) bond motifs is 2. The van der Waals surface area contributed by atoms with Crippen molar-refractivity contribution in [1.29, 1.82) is 0 Å². The lowest BCUT2D eigenvalue weighted by Gasteiger charge is -2.34. The molecular weight excluding hydrogens is 394 g/mol. The summed E-state index contributed by atoms with van der Waals surface area (Å²) in [5, 5.41) is 6.52. The van der Waals surface area contributed by atoms with Crippen molar-refractivity contribution in [2.75, 3.05) is 5.75 Å². The number of nitrogens with one attached hydrogen (secondary N) is 1. The van der Waals surface area contributed by atoms with E-state index in [1.807, 2.05) is 43.3 Å². The van der Waals surface area contributed by atoms with Gasteiger partial charge in [0.05, 0.1) is 16.7 Å². The predicted octanol–water partition coefficient (Wildman–Crippen LogP) is 4.60. The lowest BCUT2D eigenvalue weighted by Crippen LogP contribution is -2.44. The molecule has 0 unspecified atom stereocenters. The quantitative estimate of drug-likeness (QED) is 0.370. The van der Waals surface area contributed by atoms with E-state index in [2.05, 4.69) is 19.2 Å². The molecule has 1 amide bonds. The minimum absolute atomic E-state index is 0.0152. The number of rotatable bonds is 5. The van der Waals surface area contributed by atoms with Gasteiger partial charge in [0.15, 0.2) is 5.16 Å². The summed E-state index contributed by atoms with van der Waals surface area (Å²) in [7, 11) is 0. The summed E-state index contributed by atoms with van der Waals surface area (Å²) in [6.07, 6.45) is 3.45. The molecule has 0 radical (unpaired) electrons. The number of hydrogen-bond acceptors (Lipinski definition) is 4. The predicted molar refractivity (Wildman–Crippen MR) is 124 cm³/mol. The van der Waals surface area contributed by atoms with Crippen molar-refractivity contribution >= 4 is 39.3 Å². The molecule has 1 fully saturated rings. The van der Waals surface area contributed by atoms with Gasteiger partial charge in [-0.2, -0.15) is 0 Å². The smallest absolute Gasteiger partial charge is 0.262 e. The van der Waals surface area contributed by atoms with Crippen LogP contribution in [0.5, 0.6) is 0 Å². The molecule has 0 spiro atoms. The molecule has 1 aliphatic rings. The first kappa shape index (κ1) is 20.9. The highest BCUT2D eigenvalue weighted by atomic mass is 32.2. The van der Waals surface area contributed by atoms with Crippen LogP contribution >= 0.6 is 11.8 Å². The van der Waals surface area contributed by atoms with Gasteiger partial charge in [-0.3, -0.25) is 14.2 Å². The van der Waals surface area contributed by atoms with Crippen molar-refractivity contribution in [2.24, 2.45) is 11.8 Å². The van der Waals surface area contributed by atoms with Crippen molar-refractivity contribution in [3.8, 4) is 0 Å². The molecule has 30 heavy (non-hydrogen) atoms. The highest BCUT2D eigenvalue weighted by molar-refractivity contribution is 7.99. The summed E-state index contributed by atoms with van der Waals surface area (Å²) in [5.41, 5.74) is 0.631. The monoisotopic (exact) mass is 423 g/mol. The van der Waals surface area contributed by atoms with Gasteiger partial charge in [-0.25, -0.2) is 4.98 Å². The fourth-order valence-corrected chi connectivity index (χ4v) is 5.32. The summed E-state index contributed by atoms with van der Waals surface area (Å²) < 4.78 is 1.67. The molecule has 6 heteroatoms. The van der Waals surface area contributed by atoms with Gasteiger partial charge in [0, 0.05) is 12.6 Å². The molecule has 5 nitrogen and oxygen atoms in total. The molecule has 0 bridgehead atoms. The lowest BCUT2D eigenvalue weighted by molar-refractivity contribution is -0.120. The minimum atomic E-state index is -0.0501. The van der Waals surface area contributed by atoms with Crippen LogP contribution < -0.4 is 10.9 Å². The van der Waals surface area contributed by atoms with Gasteiger partial charge in [0.1, 0.15) is 0 Å². The fraction of sp³-hybridized carbons (Fsp3) is 0.458. The Morgan fingerprint density at radius 2 is 1.93 bits per heavy atom. The average molecular weight is 424 g/mol. The highest BCUT2D eigenvalue weighted by Gasteiger charge is 2.28. The Balaban J connectivity index is 1.56. The zero-order valence-corrected chi connectivity index (χ0v) is 18.7. The Hall–Kier alpha value is -2.34. The number of carbonyl (C=O) groups excluding carboxylic acids is 1. The van der Waals surface area contributed by atoms with Crippen LogP contribution in [0.3, 0.4) is 0 Å². The molecule has 158 valence electrons. The summed E-state index contributed by atoms with van der Waals surface area (Å²) >= 11 is 1.34. The molecular formula is C24H29N3O2S. The second-order valence-electron chi connectivity index (χ2n) is 8.39. The molecule has 1 heterocycles. The maximum atomic E-state index is 13.1. The second-order valence-corrected chi connectivity index (χ2v) is 9.33. The third-order valence-corrected chi connectivity index (χ3v) is 7.46. The van der Waals surface area contributed by atoms with E-state index in [0.29, 0.717) is 34.4 Å². The van der Waals surface area contributed by atoms with Crippen molar-refractivity contribution in [1.82, 2.24) is 14.9 Å². The molecule has 3 atom stereocenters. The molecule has 1 N–H and O–H groups in total. The summed E-state index contributed by atoms with van der Waals surface area (Å²) in [6, 6.07) is 12.1. The largest absolute Gasteiger partial charge is 0.352 e. The van der Waals surface area contributed by atoms with Gasteiger partial charge in [-0.15, -0.1) is 0 Å². The van der Waals surface area contributed by atoms with E-state index in [-0.39, 0.29) is 23.3 Å². The third kappa shape index (κ3) is 4.10. The van der Waals surface area contributed by atoms with Crippen LogP contribution in [-0.2, 0) is 11.3 Å². The van der Waals surface area contributed by atoms with Gasteiger partial charge >= 0.3 is 0 Å². The Morgan fingerprint density at radius 1 is 1.20 bits per heavy atom. The number of nitrogens with zero attached hydrogens (tertiary/aromatic N) is 2. The first-order chi connectivity index (χ1) is 14.5. The first-order valence-corrected chi connectivity index (χ1v) is 11.8. The van der Waals surface area contributed by atoms with Crippen LogP contribution in [0.1, 0.15) is 40.0 Å². The highest BCUT2D eigenvalue weighted by Crippen LogP contribution is 2.29. The Morgan fingerprint density at radius 3 is 2.67 bits per heavy atom. The van der Waals surface area contributed by atoms with E-state index < -0.39 is 0 Å². The molecule has 4 rings (SSSR count). The van der Waals surface area contributed by atoms with Crippen LogP contribution in [0, 0.1) is 11.8 Å². The Labute approximate surface area is 181 Å². The van der Waals surface area contributed by atoms with Crippen molar-refractivity contribution in [2.45, 2.75) is 57.8 Å². The van der Waals surface area contributed by atoms with Gasteiger partial charge in [0.25, 0.3) is 5.56 Å². The molecule has 1 saturated carbocycles. The van der Waals surface area contributed by atoms with Crippen LogP contribution in [0.25, 0.3) is 21.7 Å². The topological polar surface area (TPSA) is 64.0 Å². The number of hydrogen-bond donors (Lipinski definition) is 1. The molecule has 1 aromatic heterocycles. The molecule has 2 aromatic carbocycles. The van der Waals surface area contributed by atoms with E-state index in [0.717, 1.165) is 17.2 Å². The van der Waals surface area contributed by atoms with Gasteiger partial charge in [-0.1, -0.05) is 62.7 Å². The second kappa shape index (κ2) is 8.80. The molecule has 1 aliphatic carbocycles. The van der Waals surface area contributed by atoms with E-state index in [9.17, 15) is 9.59 Å². The number of amides is 1. The SMILES string of the molecule is CCn1c(SCC(=O)N[C@@H]2CCC[C@@H](C)[C@@H]2C)nc2cc3ccccc3cc2c1=O. The fourth-order valence-electron chi connectivity index (χ4n) is 4.44. The number of carbonyl (C=O) groups is 1. The summed E-state index contributed by atoms with van der Waals surface area (Å²) in [4.78, 5) is 30.4. The lowest BCUT2D eigenvalue weighted by atomic mass is 9.78. The van der Waals surface area contributed by atoms with Crippen LogP contribution in [0.2, 0.25) is 0 Å². The maximum Gasteiger partial charge on any atom is 0.262 e. The minimum Gasteiger partial charge on any atom is -0.352 e. The Bertz CT molecular complexity index is 1140. The van der Waals surface area contributed by atoms with E-state index >= 15 is 0 Å². The molecule has 3 aromatic rings. The zero-order chi connectivity index (χ0) is 21.3. The van der Waals surface area contributed by atoms with Gasteiger partial charge in [-0.05, 0) is 48.1 Å². The molecule has 0 saturated heterocycles. The summed E-state index contributed by atoms with van der Waals surface area (Å²) in [5.74, 6) is 1.41. The van der Waals surface area contributed by atoms with Gasteiger partial charge in [0.2, 0.25) is 5.91 Å². The van der Waals surface area contributed by atoms with Crippen molar-refractivity contribution in [3.63, 3.8) is 0 Å². The van der Waals surface area contributed by atoms with Crippen LogP contribution in [0.4, 0.5) is 0 Å². The zero-order valence-electron chi connectivity index (χ0n) is 17.9. The van der Waals surface area contributed by atoms with Crippen molar-refractivity contribution in [3.05, 3.63) is 46.8 Å². The van der Waals surface area contributed by atoms with Crippen LogP contribution in [0.15, 0.2) is 46.3 Å². The molecule has 0 aliphatic heterocycles. The summed E-state index contributed by atoms with van der Waals surface area (Å²) in [6.45, 7) is 6.95.